The summed E-state index contributed by atoms with van der Waals surface area (Å²) in [5.41, 5.74) is 2.70. The van der Waals surface area contributed by atoms with Gasteiger partial charge in [0.25, 0.3) is 15.9 Å². The number of aryl methyl sites for hydroxylation is 2. The van der Waals surface area contributed by atoms with E-state index in [1.165, 1.54) is 6.07 Å². The van der Waals surface area contributed by atoms with Crippen LogP contribution in [-0.2, 0) is 10.0 Å². The Hall–Kier alpha value is -3.32. The van der Waals surface area contributed by atoms with Crippen molar-refractivity contribution in [3.8, 4) is 5.75 Å². The molecule has 3 aromatic carbocycles. The van der Waals surface area contributed by atoms with Crippen LogP contribution in [0.25, 0.3) is 0 Å². The largest absolute Gasteiger partial charge is 0.494 e. The van der Waals surface area contributed by atoms with Gasteiger partial charge in [0.2, 0.25) is 0 Å². The Morgan fingerprint density at radius 2 is 1.63 bits per heavy atom. The van der Waals surface area contributed by atoms with Gasteiger partial charge in [-0.05, 0) is 74.4 Å². The van der Waals surface area contributed by atoms with Crippen molar-refractivity contribution in [1.82, 2.24) is 0 Å². The summed E-state index contributed by atoms with van der Waals surface area (Å²) in [4.78, 5) is 12.7. The number of benzene rings is 3. The molecule has 0 aliphatic carbocycles. The molecular formula is C23H24N2O4S. The zero-order valence-electron chi connectivity index (χ0n) is 17.1. The van der Waals surface area contributed by atoms with E-state index in [0.29, 0.717) is 29.3 Å². The van der Waals surface area contributed by atoms with Crippen LogP contribution < -0.4 is 14.8 Å². The van der Waals surface area contributed by atoms with E-state index in [4.69, 9.17) is 4.74 Å². The Labute approximate surface area is 177 Å². The number of amides is 1. The minimum Gasteiger partial charge on any atom is -0.494 e. The molecular weight excluding hydrogens is 400 g/mol. The molecule has 0 heterocycles. The number of sulfonamides is 1. The molecule has 156 valence electrons. The first-order chi connectivity index (χ1) is 14.3. The third-order valence-corrected chi connectivity index (χ3v) is 6.06. The predicted molar refractivity (Wildman–Crippen MR) is 119 cm³/mol. The number of rotatable bonds is 7. The van der Waals surface area contributed by atoms with Crippen LogP contribution in [0.5, 0.6) is 5.75 Å². The highest BCUT2D eigenvalue weighted by Crippen LogP contribution is 2.23. The van der Waals surface area contributed by atoms with Crippen molar-refractivity contribution >= 4 is 27.3 Å². The van der Waals surface area contributed by atoms with Crippen LogP contribution in [0.3, 0.4) is 0 Å². The Morgan fingerprint density at radius 1 is 0.933 bits per heavy atom. The molecule has 0 saturated heterocycles. The molecule has 30 heavy (non-hydrogen) atoms. The molecule has 0 fully saturated rings. The fourth-order valence-electron chi connectivity index (χ4n) is 2.92. The van der Waals surface area contributed by atoms with Gasteiger partial charge in [-0.2, -0.15) is 0 Å². The van der Waals surface area contributed by atoms with Gasteiger partial charge in [-0.15, -0.1) is 0 Å². The van der Waals surface area contributed by atoms with E-state index in [1.807, 2.05) is 26.0 Å². The first-order valence-corrected chi connectivity index (χ1v) is 11.0. The molecule has 0 atom stereocenters. The number of para-hydroxylation sites is 1. The molecule has 0 spiro atoms. The molecule has 3 rings (SSSR count). The number of carbonyl (C=O) groups is 1. The molecule has 0 bridgehead atoms. The van der Waals surface area contributed by atoms with Crippen molar-refractivity contribution in [2.45, 2.75) is 25.7 Å². The van der Waals surface area contributed by atoms with E-state index in [0.717, 1.165) is 5.56 Å². The normalized spacial score (nSPS) is 11.0. The molecule has 3 aromatic rings. The second-order valence-corrected chi connectivity index (χ2v) is 8.46. The van der Waals surface area contributed by atoms with Gasteiger partial charge < -0.3 is 10.1 Å². The van der Waals surface area contributed by atoms with E-state index in [9.17, 15) is 13.2 Å². The van der Waals surface area contributed by atoms with E-state index < -0.39 is 15.9 Å². The molecule has 0 aliphatic heterocycles. The second kappa shape index (κ2) is 9.00. The molecule has 7 heteroatoms. The third-order valence-electron chi connectivity index (χ3n) is 4.55. The van der Waals surface area contributed by atoms with Crippen molar-refractivity contribution in [3.05, 3.63) is 83.4 Å². The first-order valence-electron chi connectivity index (χ1n) is 9.53. The zero-order chi connectivity index (χ0) is 21.7. The summed E-state index contributed by atoms with van der Waals surface area (Å²) in [6, 6.07) is 18.7. The fraction of sp³-hybridized carbons (Fsp3) is 0.174. The van der Waals surface area contributed by atoms with Gasteiger partial charge in [-0.3, -0.25) is 9.52 Å². The average molecular weight is 425 g/mol. The minimum absolute atomic E-state index is 0.0603. The summed E-state index contributed by atoms with van der Waals surface area (Å²) in [7, 11) is -3.85. The Balaban J connectivity index is 1.83. The lowest BCUT2D eigenvalue weighted by Gasteiger charge is -2.13. The van der Waals surface area contributed by atoms with Crippen LogP contribution in [0.1, 0.15) is 28.4 Å². The van der Waals surface area contributed by atoms with E-state index in [1.54, 1.807) is 55.5 Å². The maximum atomic E-state index is 13.0. The van der Waals surface area contributed by atoms with Gasteiger partial charge in [-0.25, -0.2) is 8.42 Å². The number of hydrogen-bond acceptors (Lipinski definition) is 4. The minimum atomic E-state index is -3.85. The van der Waals surface area contributed by atoms with Gasteiger partial charge >= 0.3 is 0 Å². The van der Waals surface area contributed by atoms with Crippen molar-refractivity contribution in [2.24, 2.45) is 0 Å². The molecule has 0 aromatic heterocycles. The highest BCUT2D eigenvalue weighted by atomic mass is 32.2. The van der Waals surface area contributed by atoms with E-state index in [-0.39, 0.29) is 10.5 Å². The highest BCUT2D eigenvalue weighted by molar-refractivity contribution is 7.92. The summed E-state index contributed by atoms with van der Waals surface area (Å²) in [6.45, 7) is 5.97. The zero-order valence-corrected chi connectivity index (χ0v) is 17.9. The lowest BCUT2D eigenvalue weighted by atomic mass is 10.1. The average Bonchev–Trinajstić information content (AvgIpc) is 2.71. The van der Waals surface area contributed by atoms with Crippen molar-refractivity contribution in [1.29, 1.82) is 0 Å². The summed E-state index contributed by atoms with van der Waals surface area (Å²) >= 11 is 0. The van der Waals surface area contributed by atoms with Crippen molar-refractivity contribution in [2.75, 3.05) is 16.6 Å². The van der Waals surface area contributed by atoms with E-state index in [2.05, 4.69) is 10.0 Å². The van der Waals surface area contributed by atoms with Crippen molar-refractivity contribution < 1.29 is 17.9 Å². The SMILES string of the molecule is CCOc1ccc(NC(=O)c2ccc(C)c(S(=O)(=O)Nc3ccccc3C)c2)cc1. The lowest BCUT2D eigenvalue weighted by Crippen LogP contribution is -2.17. The molecule has 1 amide bonds. The van der Waals surface area contributed by atoms with Crippen LogP contribution in [-0.4, -0.2) is 20.9 Å². The van der Waals surface area contributed by atoms with Crippen LogP contribution in [0.4, 0.5) is 11.4 Å². The van der Waals surface area contributed by atoms with Crippen LogP contribution in [0.2, 0.25) is 0 Å². The number of nitrogens with one attached hydrogen (secondary N) is 2. The third kappa shape index (κ3) is 4.99. The molecule has 0 radical (unpaired) electrons. The van der Waals surface area contributed by atoms with Gasteiger partial charge in [0.1, 0.15) is 5.75 Å². The molecule has 6 nitrogen and oxygen atoms in total. The second-order valence-electron chi connectivity index (χ2n) is 6.81. The van der Waals surface area contributed by atoms with E-state index >= 15 is 0 Å². The summed E-state index contributed by atoms with van der Waals surface area (Å²) in [6.07, 6.45) is 0. The maximum Gasteiger partial charge on any atom is 0.262 e. The number of ether oxygens (including phenoxy) is 1. The number of hydrogen-bond donors (Lipinski definition) is 2. The first kappa shape index (κ1) is 21.4. The smallest absolute Gasteiger partial charge is 0.262 e. The van der Waals surface area contributed by atoms with Gasteiger partial charge in [-0.1, -0.05) is 24.3 Å². The Morgan fingerprint density at radius 3 is 2.30 bits per heavy atom. The molecule has 2 N–H and O–H groups in total. The monoisotopic (exact) mass is 424 g/mol. The predicted octanol–water partition coefficient (Wildman–Crippen LogP) is 4.76. The highest BCUT2D eigenvalue weighted by Gasteiger charge is 2.20. The number of carbonyl (C=O) groups excluding carboxylic acids is 1. The van der Waals surface area contributed by atoms with Gasteiger partial charge in [0, 0.05) is 11.3 Å². The molecule has 0 saturated carbocycles. The summed E-state index contributed by atoms with van der Waals surface area (Å²) in [5.74, 6) is 0.313. The summed E-state index contributed by atoms with van der Waals surface area (Å²) in [5, 5.41) is 2.77. The van der Waals surface area contributed by atoms with Crippen molar-refractivity contribution in [3.63, 3.8) is 0 Å². The number of anilines is 2. The molecule has 0 unspecified atom stereocenters. The van der Waals surface area contributed by atoms with Gasteiger partial charge in [0.15, 0.2) is 0 Å². The van der Waals surface area contributed by atoms with Crippen LogP contribution in [0.15, 0.2) is 71.6 Å². The fourth-order valence-corrected chi connectivity index (χ4v) is 4.32. The lowest BCUT2D eigenvalue weighted by molar-refractivity contribution is 0.102. The Bertz CT molecular complexity index is 1160. The Kier molecular flexibility index (Phi) is 6.42. The quantitative estimate of drug-likeness (QED) is 0.573. The maximum absolute atomic E-state index is 13.0. The van der Waals surface area contributed by atoms with Crippen LogP contribution >= 0.6 is 0 Å². The van der Waals surface area contributed by atoms with Gasteiger partial charge in [0.05, 0.1) is 17.2 Å². The summed E-state index contributed by atoms with van der Waals surface area (Å²) < 4.78 is 33.9. The standard InChI is InChI=1S/C23H24N2O4S/c1-4-29-20-13-11-19(12-14-20)24-23(26)18-10-9-17(3)22(15-18)30(27,28)25-21-8-6-5-7-16(21)2/h5-15,25H,4H2,1-3H3,(H,24,26). The molecule has 0 aliphatic rings. The topological polar surface area (TPSA) is 84.5 Å². The van der Waals surface area contributed by atoms with Crippen LogP contribution in [0, 0.1) is 13.8 Å².